The first-order valence-electron chi connectivity index (χ1n) is 9.44. The molecule has 0 bridgehead atoms. The van der Waals surface area contributed by atoms with Gasteiger partial charge in [-0.1, -0.05) is 11.6 Å². The second kappa shape index (κ2) is 7.59. The van der Waals surface area contributed by atoms with E-state index in [4.69, 9.17) is 21.4 Å². The minimum absolute atomic E-state index is 0.164. The maximum absolute atomic E-state index is 14.0. The second-order valence-electron chi connectivity index (χ2n) is 7.60. The van der Waals surface area contributed by atoms with Crippen LogP contribution in [0, 0.1) is 0 Å². The average molecular weight is 438 g/mol. The van der Waals surface area contributed by atoms with Gasteiger partial charge >= 0.3 is 6.01 Å². The largest absolute Gasteiger partial charge is 0.467 e. The summed E-state index contributed by atoms with van der Waals surface area (Å²) in [5.74, 6) is -2.29. The number of halogens is 3. The fraction of sp³-hybridized carbons (Fsp3) is 0.474. The van der Waals surface area contributed by atoms with Gasteiger partial charge in [0.1, 0.15) is 10.8 Å². The van der Waals surface area contributed by atoms with Gasteiger partial charge in [0.25, 0.3) is 5.92 Å². The lowest BCUT2D eigenvalue weighted by Crippen LogP contribution is -2.31. The SMILES string of the molecule is COc1nc(-n2nc(N3CCC(N(C)C)C3)c3cnc(Cl)cc32)cc(C(C)(F)F)n1. The van der Waals surface area contributed by atoms with Crippen LogP contribution in [0.2, 0.25) is 5.15 Å². The molecule has 4 rings (SSSR count). The molecule has 1 unspecified atom stereocenters. The van der Waals surface area contributed by atoms with Gasteiger partial charge in [-0.2, -0.15) is 18.7 Å². The summed E-state index contributed by atoms with van der Waals surface area (Å²) in [6.45, 7) is 2.40. The highest BCUT2D eigenvalue weighted by atomic mass is 35.5. The van der Waals surface area contributed by atoms with Crippen molar-refractivity contribution in [2.75, 3.05) is 39.2 Å². The van der Waals surface area contributed by atoms with Crippen LogP contribution < -0.4 is 9.64 Å². The molecule has 1 fully saturated rings. The first-order chi connectivity index (χ1) is 14.2. The lowest BCUT2D eigenvalue weighted by atomic mass is 10.2. The Bertz CT molecular complexity index is 1080. The average Bonchev–Trinajstić information content (AvgIpc) is 3.31. The highest BCUT2D eigenvalue weighted by Gasteiger charge is 2.31. The van der Waals surface area contributed by atoms with Gasteiger partial charge in [0.2, 0.25) is 0 Å². The highest BCUT2D eigenvalue weighted by molar-refractivity contribution is 6.30. The van der Waals surface area contributed by atoms with Gasteiger partial charge in [-0.25, -0.2) is 9.67 Å². The van der Waals surface area contributed by atoms with Crippen molar-refractivity contribution >= 4 is 28.3 Å². The number of hydrogen-bond donors (Lipinski definition) is 0. The van der Waals surface area contributed by atoms with E-state index in [1.807, 2.05) is 14.1 Å². The molecule has 1 atom stereocenters. The number of nitrogens with zero attached hydrogens (tertiary/aromatic N) is 7. The Morgan fingerprint density at radius 3 is 2.67 bits per heavy atom. The number of hydrogen-bond acceptors (Lipinski definition) is 7. The summed E-state index contributed by atoms with van der Waals surface area (Å²) < 4.78 is 34.5. The predicted octanol–water partition coefficient (Wildman–Crippen LogP) is 3.12. The molecule has 4 heterocycles. The molecule has 0 spiro atoms. The van der Waals surface area contributed by atoms with E-state index in [2.05, 4.69) is 24.8 Å². The van der Waals surface area contributed by atoms with E-state index in [0.29, 0.717) is 17.4 Å². The van der Waals surface area contributed by atoms with Gasteiger partial charge in [-0.15, -0.1) is 5.10 Å². The summed E-state index contributed by atoms with van der Waals surface area (Å²) >= 11 is 6.12. The molecule has 0 saturated carbocycles. The summed E-state index contributed by atoms with van der Waals surface area (Å²) in [7, 11) is 5.42. The number of likely N-dealkylation sites (N-methyl/N-ethyl adjacent to an activating group) is 1. The van der Waals surface area contributed by atoms with Crippen LogP contribution in [0.15, 0.2) is 18.3 Å². The van der Waals surface area contributed by atoms with Crippen LogP contribution in [0.1, 0.15) is 19.0 Å². The van der Waals surface area contributed by atoms with E-state index in [9.17, 15) is 8.78 Å². The molecule has 0 N–H and O–H groups in total. The summed E-state index contributed by atoms with van der Waals surface area (Å²) in [6, 6.07) is 3.09. The van der Waals surface area contributed by atoms with Crippen molar-refractivity contribution in [1.82, 2.24) is 29.6 Å². The van der Waals surface area contributed by atoms with E-state index < -0.39 is 11.6 Å². The molecule has 1 saturated heterocycles. The fourth-order valence-corrected chi connectivity index (χ4v) is 3.72. The summed E-state index contributed by atoms with van der Waals surface area (Å²) in [4.78, 5) is 16.6. The third-order valence-electron chi connectivity index (χ3n) is 5.25. The summed E-state index contributed by atoms with van der Waals surface area (Å²) in [5.41, 5.74) is 0.160. The first-order valence-corrected chi connectivity index (χ1v) is 9.82. The van der Waals surface area contributed by atoms with Crippen molar-refractivity contribution in [3.8, 4) is 11.8 Å². The summed E-state index contributed by atoms with van der Waals surface area (Å²) in [5, 5.41) is 5.74. The number of aromatic nitrogens is 5. The Morgan fingerprint density at radius 1 is 1.27 bits per heavy atom. The topological polar surface area (TPSA) is 72.2 Å². The van der Waals surface area contributed by atoms with E-state index >= 15 is 0 Å². The first kappa shape index (κ1) is 20.7. The molecule has 8 nitrogen and oxygen atoms in total. The van der Waals surface area contributed by atoms with Crippen molar-refractivity contribution in [2.45, 2.75) is 25.3 Å². The third kappa shape index (κ3) is 3.77. The quantitative estimate of drug-likeness (QED) is 0.568. The molecule has 0 radical (unpaired) electrons. The van der Waals surface area contributed by atoms with Gasteiger partial charge in [0.15, 0.2) is 11.6 Å². The number of pyridine rings is 1. The van der Waals surface area contributed by atoms with Gasteiger partial charge in [-0.05, 0) is 20.5 Å². The van der Waals surface area contributed by atoms with Crippen LogP contribution in [0.5, 0.6) is 6.01 Å². The normalized spacial score (nSPS) is 17.3. The van der Waals surface area contributed by atoms with Crippen molar-refractivity contribution < 1.29 is 13.5 Å². The highest BCUT2D eigenvalue weighted by Crippen LogP contribution is 2.33. The van der Waals surface area contributed by atoms with Crippen molar-refractivity contribution in [2.24, 2.45) is 0 Å². The van der Waals surface area contributed by atoms with E-state index in [1.165, 1.54) is 17.9 Å². The Kier molecular flexibility index (Phi) is 5.23. The van der Waals surface area contributed by atoms with E-state index in [0.717, 1.165) is 31.8 Å². The zero-order valence-electron chi connectivity index (χ0n) is 17.1. The zero-order valence-corrected chi connectivity index (χ0v) is 17.9. The van der Waals surface area contributed by atoms with Crippen LogP contribution in [0.3, 0.4) is 0 Å². The second-order valence-corrected chi connectivity index (χ2v) is 7.99. The van der Waals surface area contributed by atoms with Gasteiger partial charge in [0, 0.05) is 44.4 Å². The summed E-state index contributed by atoms with van der Waals surface area (Å²) in [6.07, 6.45) is 2.64. The Labute approximate surface area is 177 Å². The van der Waals surface area contributed by atoms with Crippen LogP contribution in [0.25, 0.3) is 16.7 Å². The molecular formula is C19H22ClF2N7O. The van der Waals surface area contributed by atoms with E-state index in [-0.39, 0.29) is 17.0 Å². The molecule has 30 heavy (non-hydrogen) atoms. The molecule has 11 heteroatoms. The Hall–Kier alpha value is -2.59. The number of anilines is 1. The molecule has 0 amide bonds. The predicted molar refractivity (Wildman–Crippen MR) is 110 cm³/mol. The third-order valence-corrected chi connectivity index (χ3v) is 5.45. The van der Waals surface area contributed by atoms with Crippen LogP contribution in [0.4, 0.5) is 14.6 Å². The van der Waals surface area contributed by atoms with Crippen LogP contribution in [-0.2, 0) is 5.92 Å². The minimum atomic E-state index is -3.16. The number of rotatable bonds is 5. The Balaban J connectivity index is 1.87. The molecule has 3 aromatic rings. The monoisotopic (exact) mass is 437 g/mol. The number of alkyl halides is 2. The van der Waals surface area contributed by atoms with E-state index in [1.54, 1.807) is 12.3 Å². The maximum atomic E-state index is 14.0. The van der Waals surface area contributed by atoms with Crippen molar-refractivity contribution in [1.29, 1.82) is 0 Å². The zero-order chi connectivity index (χ0) is 21.6. The minimum Gasteiger partial charge on any atom is -0.467 e. The molecule has 0 aromatic carbocycles. The molecule has 1 aliphatic heterocycles. The smallest absolute Gasteiger partial charge is 0.318 e. The van der Waals surface area contributed by atoms with Gasteiger partial charge in [-0.3, -0.25) is 0 Å². The standard InChI is InChI=1S/C19H22ClF2N7O/c1-19(21,22)14-8-16(25-18(24-14)30-4)29-13-7-15(20)23-9-12(13)17(26-29)28-6-5-11(10-28)27(2)3/h7-9,11H,5-6,10H2,1-4H3. The van der Waals surface area contributed by atoms with Gasteiger partial charge in [0.05, 0.1) is 18.0 Å². The van der Waals surface area contributed by atoms with Gasteiger partial charge < -0.3 is 14.5 Å². The number of methoxy groups -OCH3 is 1. The molecule has 3 aromatic heterocycles. The molecular weight excluding hydrogens is 416 g/mol. The number of ether oxygens (including phenoxy) is 1. The van der Waals surface area contributed by atoms with Crippen LogP contribution >= 0.6 is 11.6 Å². The van der Waals surface area contributed by atoms with Crippen LogP contribution in [-0.4, -0.2) is 70.0 Å². The number of fused-ring (bicyclic) bond motifs is 1. The fourth-order valence-electron chi connectivity index (χ4n) is 3.57. The molecule has 160 valence electrons. The maximum Gasteiger partial charge on any atom is 0.318 e. The Morgan fingerprint density at radius 2 is 2.03 bits per heavy atom. The van der Waals surface area contributed by atoms with Crippen molar-refractivity contribution in [3.05, 3.63) is 29.2 Å². The molecule has 1 aliphatic rings. The van der Waals surface area contributed by atoms with Crippen molar-refractivity contribution in [3.63, 3.8) is 0 Å². The lowest BCUT2D eigenvalue weighted by molar-refractivity contribution is 0.0120. The lowest BCUT2D eigenvalue weighted by Gasteiger charge is -2.20. The molecule has 0 aliphatic carbocycles.